The molecule has 8 heteroatoms. The van der Waals surface area contributed by atoms with Gasteiger partial charge in [-0.05, 0) is 48.9 Å². The second-order valence-electron chi connectivity index (χ2n) is 8.54. The Kier molecular flexibility index (Phi) is 7.40. The number of ether oxygens (including phenoxy) is 1. The Morgan fingerprint density at radius 3 is 2.45 bits per heavy atom. The lowest BCUT2D eigenvalue weighted by Gasteiger charge is -2.08. The molecule has 2 N–H and O–H groups in total. The number of nitrogens with one attached hydrogen (secondary N) is 2. The van der Waals surface area contributed by atoms with Crippen molar-refractivity contribution in [2.75, 3.05) is 0 Å². The first-order chi connectivity index (χ1) is 18.4. The monoisotopic (exact) mass is 585 g/mol. The first kappa shape index (κ1) is 25.4. The standard InChI is InChI=1S/C30H21BrClN3O3/c1-18-11-13-20(14-12-18)30(37)38-25-10-6-5-9-21(25)17-33-35-29(36)28-26(19-7-3-2-4-8-19)23-15-22(31)16-24(32)27(23)34-28/h2-17,34H,1H3,(H,35,36). The molecule has 0 bridgehead atoms. The average Bonchev–Trinajstić information content (AvgIpc) is 3.30. The van der Waals surface area contributed by atoms with Crippen LogP contribution in [0.4, 0.5) is 0 Å². The highest BCUT2D eigenvalue weighted by molar-refractivity contribution is 9.10. The minimum absolute atomic E-state index is 0.322. The summed E-state index contributed by atoms with van der Waals surface area (Å²) >= 11 is 9.96. The van der Waals surface area contributed by atoms with Gasteiger partial charge in [0.2, 0.25) is 0 Å². The van der Waals surface area contributed by atoms with Crippen molar-refractivity contribution in [1.82, 2.24) is 10.4 Å². The van der Waals surface area contributed by atoms with E-state index < -0.39 is 11.9 Å². The van der Waals surface area contributed by atoms with E-state index in [0.717, 1.165) is 21.0 Å². The first-order valence-corrected chi connectivity index (χ1v) is 12.9. The van der Waals surface area contributed by atoms with Crippen LogP contribution >= 0.6 is 27.5 Å². The molecule has 4 aromatic carbocycles. The number of nitrogens with zero attached hydrogens (tertiary/aromatic N) is 1. The summed E-state index contributed by atoms with van der Waals surface area (Å²) in [5, 5.41) is 5.43. The van der Waals surface area contributed by atoms with Crippen LogP contribution in [0.5, 0.6) is 5.75 Å². The lowest BCUT2D eigenvalue weighted by Crippen LogP contribution is -2.19. The molecule has 5 rings (SSSR count). The van der Waals surface area contributed by atoms with Gasteiger partial charge in [-0.2, -0.15) is 5.10 Å². The maximum Gasteiger partial charge on any atom is 0.343 e. The molecular weight excluding hydrogens is 566 g/mol. The van der Waals surface area contributed by atoms with Crippen LogP contribution in [0.2, 0.25) is 5.02 Å². The molecule has 6 nitrogen and oxygen atoms in total. The van der Waals surface area contributed by atoms with E-state index in [1.807, 2.05) is 55.5 Å². The predicted octanol–water partition coefficient (Wildman–Crippen LogP) is 7.54. The Balaban J connectivity index is 1.41. The van der Waals surface area contributed by atoms with E-state index in [-0.39, 0.29) is 0 Å². The molecule has 0 aliphatic carbocycles. The number of hydrogen-bond acceptors (Lipinski definition) is 4. The van der Waals surface area contributed by atoms with Crippen molar-refractivity contribution < 1.29 is 14.3 Å². The molecule has 0 aliphatic rings. The van der Waals surface area contributed by atoms with Gasteiger partial charge in [0.1, 0.15) is 11.4 Å². The zero-order valence-corrected chi connectivity index (χ0v) is 22.5. The molecule has 0 atom stereocenters. The normalized spacial score (nSPS) is 11.1. The fourth-order valence-corrected chi connectivity index (χ4v) is 4.90. The van der Waals surface area contributed by atoms with Crippen molar-refractivity contribution >= 4 is 56.5 Å². The minimum Gasteiger partial charge on any atom is -0.422 e. The lowest BCUT2D eigenvalue weighted by atomic mass is 10.0. The van der Waals surface area contributed by atoms with Crippen LogP contribution in [0.15, 0.2) is 101 Å². The number of aromatic amines is 1. The van der Waals surface area contributed by atoms with E-state index in [1.54, 1.807) is 42.5 Å². The molecular formula is C30H21BrClN3O3. The van der Waals surface area contributed by atoms with Crippen LogP contribution in [0.1, 0.15) is 32.0 Å². The number of halogens is 2. The lowest BCUT2D eigenvalue weighted by molar-refractivity contribution is 0.0734. The number of rotatable bonds is 6. The smallest absolute Gasteiger partial charge is 0.343 e. The number of aryl methyl sites for hydroxylation is 1. The Hall–Kier alpha value is -4.20. The van der Waals surface area contributed by atoms with Gasteiger partial charge < -0.3 is 9.72 Å². The van der Waals surface area contributed by atoms with Gasteiger partial charge in [0, 0.05) is 21.0 Å². The van der Waals surface area contributed by atoms with Gasteiger partial charge in [-0.15, -0.1) is 0 Å². The number of benzene rings is 4. The SMILES string of the molecule is Cc1ccc(C(=O)Oc2ccccc2C=NNC(=O)c2[nH]c3c(Cl)cc(Br)cc3c2-c2ccccc2)cc1. The summed E-state index contributed by atoms with van der Waals surface area (Å²) in [5.74, 6) is -0.607. The first-order valence-electron chi connectivity index (χ1n) is 11.7. The molecule has 0 spiro atoms. The summed E-state index contributed by atoms with van der Waals surface area (Å²) in [6, 6.07) is 27.3. The van der Waals surface area contributed by atoms with E-state index in [0.29, 0.717) is 38.7 Å². The Labute approximate surface area is 232 Å². The third-order valence-corrected chi connectivity index (χ3v) is 6.65. The highest BCUT2D eigenvalue weighted by Crippen LogP contribution is 2.37. The molecule has 1 amide bonds. The van der Waals surface area contributed by atoms with Gasteiger partial charge in [0.05, 0.1) is 22.3 Å². The van der Waals surface area contributed by atoms with Crippen molar-refractivity contribution in [3.63, 3.8) is 0 Å². The van der Waals surface area contributed by atoms with Gasteiger partial charge in [0.25, 0.3) is 5.91 Å². The molecule has 0 saturated heterocycles. The Morgan fingerprint density at radius 2 is 1.68 bits per heavy atom. The number of para-hydroxylation sites is 1. The van der Waals surface area contributed by atoms with E-state index in [4.69, 9.17) is 16.3 Å². The van der Waals surface area contributed by atoms with Crippen LogP contribution in [-0.2, 0) is 0 Å². The number of fused-ring (bicyclic) bond motifs is 1. The van der Waals surface area contributed by atoms with E-state index in [9.17, 15) is 9.59 Å². The van der Waals surface area contributed by atoms with Crippen molar-refractivity contribution in [3.05, 3.63) is 123 Å². The molecule has 38 heavy (non-hydrogen) atoms. The third kappa shape index (κ3) is 5.39. The Morgan fingerprint density at radius 1 is 0.974 bits per heavy atom. The summed E-state index contributed by atoms with van der Waals surface area (Å²) in [7, 11) is 0. The number of esters is 1. The fourth-order valence-electron chi connectivity index (χ4n) is 4.04. The number of H-pyrrole nitrogens is 1. The quantitative estimate of drug-likeness (QED) is 0.0933. The maximum atomic E-state index is 13.3. The van der Waals surface area contributed by atoms with E-state index in [1.165, 1.54) is 6.21 Å². The zero-order valence-electron chi connectivity index (χ0n) is 20.2. The second-order valence-corrected chi connectivity index (χ2v) is 9.87. The van der Waals surface area contributed by atoms with Gasteiger partial charge in [-0.1, -0.05) is 87.7 Å². The van der Waals surface area contributed by atoms with Gasteiger partial charge >= 0.3 is 5.97 Å². The Bertz CT molecular complexity index is 1680. The molecule has 0 aliphatic heterocycles. The zero-order chi connectivity index (χ0) is 26.6. The number of amides is 1. The van der Waals surface area contributed by atoms with Crippen LogP contribution in [-0.4, -0.2) is 23.1 Å². The average molecular weight is 587 g/mol. The summed E-state index contributed by atoms with van der Waals surface area (Å²) in [5.41, 5.74) is 7.13. The van der Waals surface area contributed by atoms with Crippen LogP contribution in [0, 0.1) is 6.92 Å². The predicted molar refractivity (Wildman–Crippen MR) is 154 cm³/mol. The molecule has 0 saturated carbocycles. The van der Waals surface area contributed by atoms with E-state index >= 15 is 0 Å². The number of carbonyl (C=O) groups excluding carboxylic acids is 2. The van der Waals surface area contributed by atoms with Crippen molar-refractivity contribution in [2.24, 2.45) is 5.10 Å². The van der Waals surface area contributed by atoms with Gasteiger partial charge in [-0.25, -0.2) is 10.2 Å². The molecule has 0 unspecified atom stereocenters. The van der Waals surface area contributed by atoms with Crippen molar-refractivity contribution in [3.8, 4) is 16.9 Å². The number of carbonyl (C=O) groups is 2. The highest BCUT2D eigenvalue weighted by Gasteiger charge is 2.21. The molecule has 0 radical (unpaired) electrons. The van der Waals surface area contributed by atoms with Crippen molar-refractivity contribution in [1.29, 1.82) is 0 Å². The molecule has 1 heterocycles. The molecule has 5 aromatic rings. The topological polar surface area (TPSA) is 83.5 Å². The van der Waals surface area contributed by atoms with Crippen LogP contribution in [0.25, 0.3) is 22.0 Å². The van der Waals surface area contributed by atoms with Crippen LogP contribution < -0.4 is 10.2 Å². The molecule has 0 fully saturated rings. The van der Waals surface area contributed by atoms with Crippen LogP contribution in [0.3, 0.4) is 0 Å². The largest absolute Gasteiger partial charge is 0.422 e. The molecule has 188 valence electrons. The summed E-state index contributed by atoms with van der Waals surface area (Å²) < 4.78 is 6.39. The number of hydrazone groups is 1. The van der Waals surface area contributed by atoms with Crippen molar-refractivity contribution in [2.45, 2.75) is 6.92 Å². The number of hydrogen-bond donors (Lipinski definition) is 2. The summed E-state index contributed by atoms with van der Waals surface area (Å²) in [6.07, 6.45) is 1.43. The van der Waals surface area contributed by atoms with E-state index in [2.05, 4.69) is 31.4 Å². The summed E-state index contributed by atoms with van der Waals surface area (Å²) in [4.78, 5) is 29.0. The highest BCUT2D eigenvalue weighted by atomic mass is 79.9. The van der Waals surface area contributed by atoms with Gasteiger partial charge in [0.15, 0.2) is 0 Å². The maximum absolute atomic E-state index is 13.3. The third-order valence-electron chi connectivity index (χ3n) is 5.89. The summed E-state index contributed by atoms with van der Waals surface area (Å²) in [6.45, 7) is 1.95. The number of aromatic nitrogens is 1. The molecule has 1 aromatic heterocycles. The second kappa shape index (κ2) is 11.0. The fraction of sp³-hybridized carbons (Fsp3) is 0.0333. The minimum atomic E-state index is -0.483. The van der Waals surface area contributed by atoms with Gasteiger partial charge in [-0.3, -0.25) is 4.79 Å².